The van der Waals surface area contributed by atoms with E-state index in [-0.39, 0.29) is 23.2 Å². The Morgan fingerprint density at radius 3 is 2.52 bits per heavy atom. The van der Waals surface area contributed by atoms with Gasteiger partial charge in [0.2, 0.25) is 11.8 Å². The van der Waals surface area contributed by atoms with Crippen LogP contribution in [-0.2, 0) is 22.2 Å². The first kappa shape index (κ1) is 20.9. The SMILES string of the molecule is O=C(C[C@H]1SC(=Nc2ccccc2C(F)(F)F)NC1=O)NCCc1ccccc1. The molecule has 0 aliphatic carbocycles. The fourth-order valence-corrected chi connectivity index (χ4v) is 3.72. The molecule has 1 aliphatic heterocycles. The van der Waals surface area contributed by atoms with Crippen molar-refractivity contribution in [2.24, 2.45) is 4.99 Å². The summed E-state index contributed by atoms with van der Waals surface area (Å²) in [4.78, 5) is 28.1. The molecule has 0 aromatic heterocycles. The fraction of sp³-hybridized carbons (Fsp3) is 0.250. The van der Waals surface area contributed by atoms with E-state index >= 15 is 0 Å². The van der Waals surface area contributed by atoms with Gasteiger partial charge >= 0.3 is 6.18 Å². The van der Waals surface area contributed by atoms with E-state index in [1.807, 2.05) is 30.3 Å². The third-order valence-corrected chi connectivity index (χ3v) is 5.24. The third-order valence-electron chi connectivity index (χ3n) is 4.16. The number of amidine groups is 1. The molecular formula is C20H18F3N3O2S. The monoisotopic (exact) mass is 421 g/mol. The zero-order chi connectivity index (χ0) is 20.9. The van der Waals surface area contributed by atoms with Gasteiger partial charge in [0.1, 0.15) is 5.25 Å². The minimum absolute atomic E-state index is 0.0498. The van der Waals surface area contributed by atoms with Gasteiger partial charge in [-0.3, -0.25) is 9.59 Å². The van der Waals surface area contributed by atoms with Crippen LogP contribution in [0.15, 0.2) is 59.6 Å². The first-order valence-corrected chi connectivity index (χ1v) is 9.74. The molecule has 2 N–H and O–H groups in total. The summed E-state index contributed by atoms with van der Waals surface area (Å²) in [6, 6.07) is 14.5. The van der Waals surface area contributed by atoms with Crippen molar-refractivity contribution < 1.29 is 22.8 Å². The predicted octanol–water partition coefficient (Wildman–Crippen LogP) is 3.67. The average Bonchev–Trinajstić information content (AvgIpc) is 3.01. The van der Waals surface area contributed by atoms with E-state index in [9.17, 15) is 22.8 Å². The third kappa shape index (κ3) is 5.83. The Bertz CT molecular complexity index is 917. The molecule has 1 heterocycles. The summed E-state index contributed by atoms with van der Waals surface area (Å²) in [5, 5.41) is 4.51. The summed E-state index contributed by atoms with van der Waals surface area (Å²) >= 11 is 0.952. The number of thioether (sulfide) groups is 1. The van der Waals surface area contributed by atoms with Crippen molar-refractivity contribution in [2.75, 3.05) is 6.54 Å². The highest BCUT2D eigenvalue weighted by atomic mass is 32.2. The molecule has 0 bridgehead atoms. The number of hydrogen-bond donors (Lipinski definition) is 2. The maximum Gasteiger partial charge on any atom is 0.418 e. The van der Waals surface area contributed by atoms with Gasteiger partial charge in [0.15, 0.2) is 5.17 Å². The number of nitrogens with zero attached hydrogens (tertiary/aromatic N) is 1. The average molecular weight is 421 g/mol. The molecule has 152 valence electrons. The Morgan fingerprint density at radius 2 is 1.79 bits per heavy atom. The van der Waals surface area contributed by atoms with Crippen LogP contribution in [0.1, 0.15) is 17.5 Å². The van der Waals surface area contributed by atoms with Gasteiger partial charge in [0, 0.05) is 13.0 Å². The van der Waals surface area contributed by atoms with Gasteiger partial charge in [-0.05, 0) is 24.1 Å². The van der Waals surface area contributed by atoms with Gasteiger partial charge in [-0.25, -0.2) is 4.99 Å². The summed E-state index contributed by atoms with van der Waals surface area (Å²) in [5.74, 6) is -0.748. The van der Waals surface area contributed by atoms with E-state index in [1.165, 1.54) is 18.2 Å². The summed E-state index contributed by atoms with van der Waals surface area (Å²) in [5.41, 5.74) is -0.0845. The molecule has 0 saturated carbocycles. The summed E-state index contributed by atoms with van der Waals surface area (Å²) in [7, 11) is 0. The van der Waals surface area contributed by atoms with Gasteiger partial charge in [-0.2, -0.15) is 13.2 Å². The number of amides is 2. The highest BCUT2D eigenvalue weighted by molar-refractivity contribution is 8.15. The highest BCUT2D eigenvalue weighted by Gasteiger charge is 2.35. The number of nitrogens with one attached hydrogen (secondary N) is 2. The van der Waals surface area contributed by atoms with Crippen LogP contribution in [0.5, 0.6) is 0 Å². The fourth-order valence-electron chi connectivity index (χ4n) is 2.74. The van der Waals surface area contributed by atoms with Crippen molar-refractivity contribution in [3.63, 3.8) is 0 Å². The molecule has 0 unspecified atom stereocenters. The van der Waals surface area contributed by atoms with Gasteiger partial charge in [0.05, 0.1) is 11.3 Å². The molecule has 5 nitrogen and oxygen atoms in total. The lowest BCUT2D eigenvalue weighted by Crippen LogP contribution is -2.32. The number of hydrogen-bond acceptors (Lipinski definition) is 4. The van der Waals surface area contributed by atoms with E-state index in [0.717, 1.165) is 23.4 Å². The number of rotatable bonds is 6. The van der Waals surface area contributed by atoms with Crippen LogP contribution >= 0.6 is 11.8 Å². The second-order valence-electron chi connectivity index (χ2n) is 6.32. The zero-order valence-corrected chi connectivity index (χ0v) is 16.0. The molecule has 9 heteroatoms. The summed E-state index contributed by atoms with van der Waals surface area (Å²) in [6.45, 7) is 0.432. The molecule has 1 saturated heterocycles. The Kier molecular flexibility index (Phi) is 6.58. The van der Waals surface area contributed by atoms with Gasteiger partial charge in [-0.1, -0.05) is 54.2 Å². The maximum atomic E-state index is 13.1. The minimum atomic E-state index is -4.55. The Hall–Kier alpha value is -2.81. The van der Waals surface area contributed by atoms with Crippen molar-refractivity contribution in [3.8, 4) is 0 Å². The van der Waals surface area contributed by atoms with E-state index in [2.05, 4.69) is 15.6 Å². The molecule has 2 amide bonds. The number of aliphatic imine (C=N–C) groups is 1. The molecule has 29 heavy (non-hydrogen) atoms. The van der Waals surface area contributed by atoms with Crippen molar-refractivity contribution in [3.05, 3.63) is 65.7 Å². The van der Waals surface area contributed by atoms with Crippen molar-refractivity contribution in [2.45, 2.75) is 24.3 Å². The smallest absolute Gasteiger partial charge is 0.356 e. The number of benzene rings is 2. The second kappa shape index (κ2) is 9.13. The first-order valence-electron chi connectivity index (χ1n) is 8.86. The number of carbonyl (C=O) groups is 2. The molecular weight excluding hydrogens is 403 g/mol. The lowest BCUT2D eigenvalue weighted by atomic mass is 10.1. The molecule has 2 aromatic carbocycles. The number of halogens is 3. The first-order chi connectivity index (χ1) is 13.8. The second-order valence-corrected chi connectivity index (χ2v) is 7.51. The molecule has 3 rings (SSSR count). The maximum absolute atomic E-state index is 13.1. The standard InChI is InChI=1S/C20H18F3N3O2S/c21-20(22,23)14-8-4-5-9-15(14)25-19-26-18(28)16(29-19)12-17(27)24-11-10-13-6-2-1-3-7-13/h1-9,16H,10-12H2,(H,24,27)(H,25,26,28)/t16-/m1/s1. The van der Waals surface area contributed by atoms with Crippen LogP contribution in [0.4, 0.5) is 18.9 Å². The molecule has 1 atom stereocenters. The zero-order valence-electron chi connectivity index (χ0n) is 15.2. The van der Waals surface area contributed by atoms with Crippen LogP contribution in [0, 0.1) is 0 Å². The largest absolute Gasteiger partial charge is 0.418 e. The highest BCUT2D eigenvalue weighted by Crippen LogP contribution is 2.37. The van der Waals surface area contributed by atoms with Gasteiger partial charge in [0.25, 0.3) is 0 Å². The van der Waals surface area contributed by atoms with Crippen LogP contribution < -0.4 is 10.6 Å². The molecule has 1 aliphatic rings. The van der Waals surface area contributed by atoms with Crippen LogP contribution in [0.25, 0.3) is 0 Å². The molecule has 0 spiro atoms. The Morgan fingerprint density at radius 1 is 1.10 bits per heavy atom. The number of para-hydroxylation sites is 1. The molecule has 1 fully saturated rings. The Balaban J connectivity index is 1.56. The minimum Gasteiger partial charge on any atom is -0.356 e. The summed E-state index contributed by atoms with van der Waals surface area (Å²) < 4.78 is 39.2. The van der Waals surface area contributed by atoms with E-state index in [1.54, 1.807) is 0 Å². The number of alkyl halides is 3. The molecule has 0 radical (unpaired) electrons. The normalized spacial score (nSPS) is 18.0. The van der Waals surface area contributed by atoms with Gasteiger partial charge in [-0.15, -0.1) is 0 Å². The van der Waals surface area contributed by atoms with Crippen molar-refractivity contribution >= 4 is 34.4 Å². The summed E-state index contributed by atoms with van der Waals surface area (Å²) in [6.07, 6.45) is -3.96. The molecule has 2 aromatic rings. The number of carbonyl (C=O) groups excluding carboxylic acids is 2. The van der Waals surface area contributed by atoms with E-state index in [0.29, 0.717) is 13.0 Å². The van der Waals surface area contributed by atoms with E-state index < -0.39 is 22.9 Å². The lowest BCUT2D eigenvalue weighted by Gasteiger charge is -2.09. The van der Waals surface area contributed by atoms with Crippen molar-refractivity contribution in [1.82, 2.24) is 10.6 Å². The lowest BCUT2D eigenvalue weighted by molar-refractivity contribution is -0.137. The van der Waals surface area contributed by atoms with E-state index in [4.69, 9.17) is 0 Å². The van der Waals surface area contributed by atoms with Crippen LogP contribution in [0.2, 0.25) is 0 Å². The van der Waals surface area contributed by atoms with Gasteiger partial charge < -0.3 is 10.6 Å². The van der Waals surface area contributed by atoms with Crippen LogP contribution in [0.3, 0.4) is 0 Å². The predicted molar refractivity (Wildman–Crippen MR) is 106 cm³/mol. The topological polar surface area (TPSA) is 70.6 Å². The quantitative estimate of drug-likeness (QED) is 0.748. The van der Waals surface area contributed by atoms with Crippen molar-refractivity contribution in [1.29, 1.82) is 0 Å². The van der Waals surface area contributed by atoms with Crippen LogP contribution in [-0.4, -0.2) is 28.8 Å². The Labute approximate surface area is 169 Å².